The molecule has 1 rings (SSSR count). The Bertz CT molecular complexity index is 366. The van der Waals surface area contributed by atoms with Crippen LogP contribution < -0.4 is 10.5 Å². The van der Waals surface area contributed by atoms with Crippen LogP contribution in [0.5, 0.6) is 5.88 Å². The molecule has 96 valence electrons. The average molecular weight is 238 g/mol. The van der Waals surface area contributed by atoms with Gasteiger partial charge >= 0.3 is 0 Å². The molecule has 5 nitrogen and oxygen atoms in total. The van der Waals surface area contributed by atoms with Crippen LogP contribution in [0.1, 0.15) is 23.2 Å². The van der Waals surface area contributed by atoms with Crippen molar-refractivity contribution in [2.24, 2.45) is 5.73 Å². The predicted molar refractivity (Wildman–Crippen MR) is 68.1 cm³/mol. The summed E-state index contributed by atoms with van der Waals surface area (Å²) >= 11 is 0. The van der Waals surface area contributed by atoms with Crippen molar-refractivity contribution >= 4 is 0 Å². The van der Waals surface area contributed by atoms with Crippen LogP contribution in [0.15, 0.2) is 0 Å². The summed E-state index contributed by atoms with van der Waals surface area (Å²) in [6.07, 6.45) is 0.964. The molecule has 0 fully saturated rings. The van der Waals surface area contributed by atoms with Gasteiger partial charge in [-0.1, -0.05) is 0 Å². The van der Waals surface area contributed by atoms with Crippen LogP contribution in [0.3, 0.4) is 0 Å². The number of rotatable bonds is 6. The first-order valence-corrected chi connectivity index (χ1v) is 5.86. The van der Waals surface area contributed by atoms with Crippen LogP contribution in [-0.4, -0.2) is 42.3 Å². The molecule has 0 bridgehead atoms. The van der Waals surface area contributed by atoms with Gasteiger partial charge in [0.15, 0.2) is 0 Å². The van der Waals surface area contributed by atoms with Gasteiger partial charge in [0, 0.05) is 18.7 Å². The summed E-state index contributed by atoms with van der Waals surface area (Å²) in [7, 11) is 4.09. The molecule has 1 aromatic heterocycles. The Hall–Kier alpha value is -1.20. The molecule has 0 aliphatic carbocycles. The highest BCUT2D eigenvalue weighted by atomic mass is 16.5. The molecule has 5 heteroatoms. The molecule has 0 atom stereocenters. The largest absolute Gasteiger partial charge is 0.476 e. The minimum Gasteiger partial charge on any atom is -0.476 e. The van der Waals surface area contributed by atoms with E-state index in [1.807, 2.05) is 27.9 Å². The van der Waals surface area contributed by atoms with Gasteiger partial charge in [-0.15, -0.1) is 5.10 Å². The smallest absolute Gasteiger partial charge is 0.238 e. The molecule has 0 saturated carbocycles. The highest BCUT2D eigenvalue weighted by molar-refractivity contribution is 5.34. The lowest BCUT2D eigenvalue weighted by Gasteiger charge is -2.13. The first-order valence-electron chi connectivity index (χ1n) is 5.86. The molecule has 0 unspecified atom stereocenters. The van der Waals surface area contributed by atoms with Crippen molar-refractivity contribution in [2.75, 3.05) is 27.2 Å². The summed E-state index contributed by atoms with van der Waals surface area (Å²) in [5.41, 5.74) is 8.66. The quantitative estimate of drug-likeness (QED) is 0.745. The molecule has 1 heterocycles. The van der Waals surface area contributed by atoms with E-state index in [2.05, 4.69) is 15.1 Å². The number of nitrogens with two attached hydrogens (primary N) is 1. The summed E-state index contributed by atoms with van der Waals surface area (Å²) in [6.45, 7) is 6.00. The Labute approximate surface area is 103 Å². The second-order valence-corrected chi connectivity index (χ2v) is 4.40. The van der Waals surface area contributed by atoms with E-state index >= 15 is 0 Å². The van der Waals surface area contributed by atoms with Gasteiger partial charge in [0.05, 0.1) is 12.3 Å². The third kappa shape index (κ3) is 3.94. The first-order chi connectivity index (χ1) is 8.06. The molecule has 0 amide bonds. The molecule has 1 aromatic rings. The van der Waals surface area contributed by atoms with E-state index in [-0.39, 0.29) is 0 Å². The standard InChI is InChI=1S/C12H22N4O/c1-9-10(2)14-15-12(11(9)8-13)17-7-5-6-16(3)4/h5-8,13H2,1-4H3. The van der Waals surface area contributed by atoms with Gasteiger partial charge in [-0.05, 0) is 39.9 Å². The zero-order chi connectivity index (χ0) is 12.8. The maximum atomic E-state index is 5.72. The number of hydrogen-bond donors (Lipinski definition) is 1. The molecule has 0 saturated heterocycles. The lowest BCUT2D eigenvalue weighted by molar-refractivity contribution is 0.267. The molecular weight excluding hydrogens is 216 g/mol. The Balaban J connectivity index is 2.62. The number of hydrogen-bond acceptors (Lipinski definition) is 5. The maximum Gasteiger partial charge on any atom is 0.238 e. The van der Waals surface area contributed by atoms with Crippen molar-refractivity contribution in [3.05, 3.63) is 16.8 Å². The van der Waals surface area contributed by atoms with Gasteiger partial charge in [0.2, 0.25) is 5.88 Å². The minimum absolute atomic E-state index is 0.436. The van der Waals surface area contributed by atoms with Gasteiger partial charge in [-0.2, -0.15) is 5.10 Å². The van der Waals surface area contributed by atoms with E-state index in [1.165, 1.54) is 0 Å². The second-order valence-electron chi connectivity index (χ2n) is 4.40. The van der Waals surface area contributed by atoms with Crippen LogP contribution in [0, 0.1) is 13.8 Å². The van der Waals surface area contributed by atoms with Crippen LogP contribution in [0.4, 0.5) is 0 Å². The van der Waals surface area contributed by atoms with Crippen molar-refractivity contribution in [3.63, 3.8) is 0 Å². The molecule has 17 heavy (non-hydrogen) atoms. The lowest BCUT2D eigenvalue weighted by Crippen LogP contribution is -2.16. The zero-order valence-corrected chi connectivity index (χ0v) is 11.2. The fourth-order valence-electron chi connectivity index (χ4n) is 1.54. The molecular formula is C12H22N4O. The maximum absolute atomic E-state index is 5.72. The van der Waals surface area contributed by atoms with Gasteiger partial charge in [0.25, 0.3) is 0 Å². The number of ether oxygens (including phenoxy) is 1. The van der Waals surface area contributed by atoms with E-state index in [4.69, 9.17) is 10.5 Å². The van der Waals surface area contributed by atoms with E-state index < -0.39 is 0 Å². The minimum atomic E-state index is 0.436. The topological polar surface area (TPSA) is 64.3 Å². The Morgan fingerprint density at radius 1 is 1.24 bits per heavy atom. The van der Waals surface area contributed by atoms with E-state index in [0.717, 1.165) is 29.8 Å². The van der Waals surface area contributed by atoms with Gasteiger partial charge < -0.3 is 15.4 Å². The van der Waals surface area contributed by atoms with E-state index in [9.17, 15) is 0 Å². The number of aromatic nitrogens is 2. The van der Waals surface area contributed by atoms with Crippen LogP contribution >= 0.6 is 0 Å². The van der Waals surface area contributed by atoms with Crippen molar-refractivity contribution in [1.29, 1.82) is 0 Å². The van der Waals surface area contributed by atoms with Crippen LogP contribution in [0.25, 0.3) is 0 Å². The van der Waals surface area contributed by atoms with Gasteiger partial charge in [-0.25, -0.2) is 0 Å². The SMILES string of the molecule is Cc1nnc(OCCCN(C)C)c(CN)c1C. The number of nitrogens with zero attached hydrogens (tertiary/aromatic N) is 3. The lowest BCUT2D eigenvalue weighted by atomic mass is 10.1. The van der Waals surface area contributed by atoms with Crippen LogP contribution in [0.2, 0.25) is 0 Å². The third-order valence-electron chi connectivity index (χ3n) is 2.74. The summed E-state index contributed by atoms with van der Waals surface area (Å²) in [6, 6.07) is 0. The average Bonchev–Trinajstić information content (AvgIpc) is 2.29. The monoisotopic (exact) mass is 238 g/mol. The fraction of sp³-hybridized carbons (Fsp3) is 0.667. The normalized spacial score (nSPS) is 10.9. The van der Waals surface area contributed by atoms with Crippen molar-refractivity contribution in [1.82, 2.24) is 15.1 Å². The highest BCUT2D eigenvalue weighted by Crippen LogP contribution is 2.19. The predicted octanol–water partition coefficient (Wildman–Crippen LogP) is 0.883. The third-order valence-corrected chi connectivity index (χ3v) is 2.74. The summed E-state index contributed by atoms with van der Waals surface area (Å²) in [4.78, 5) is 2.12. The number of aryl methyl sites for hydroxylation is 1. The van der Waals surface area contributed by atoms with Crippen molar-refractivity contribution in [2.45, 2.75) is 26.8 Å². The molecule has 2 N–H and O–H groups in total. The van der Waals surface area contributed by atoms with E-state index in [0.29, 0.717) is 19.0 Å². The van der Waals surface area contributed by atoms with Gasteiger partial charge in [0.1, 0.15) is 0 Å². The summed E-state index contributed by atoms with van der Waals surface area (Å²) in [5.74, 6) is 0.578. The van der Waals surface area contributed by atoms with E-state index in [1.54, 1.807) is 0 Å². The summed E-state index contributed by atoms with van der Waals surface area (Å²) < 4.78 is 5.63. The van der Waals surface area contributed by atoms with Crippen molar-refractivity contribution < 1.29 is 4.74 Å². The second kappa shape index (κ2) is 6.51. The molecule has 0 aliphatic rings. The van der Waals surface area contributed by atoms with Gasteiger partial charge in [-0.3, -0.25) is 0 Å². The zero-order valence-electron chi connectivity index (χ0n) is 11.2. The molecule has 0 aliphatic heterocycles. The Kier molecular flexibility index (Phi) is 5.31. The Morgan fingerprint density at radius 3 is 2.53 bits per heavy atom. The fourth-order valence-corrected chi connectivity index (χ4v) is 1.54. The highest BCUT2D eigenvalue weighted by Gasteiger charge is 2.10. The molecule has 0 radical (unpaired) electrons. The van der Waals surface area contributed by atoms with Crippen molar-refractivity contribution in [3.8, 4) is 5.88 Å². The molecule has 0 spiro atoms. The first kappa shape index (κ1) is 13.9. The van der Waals surface area contributed by atoms with Crippen LogP contribution in [-0.2, 0) is 6.54 Å². The molecule has 0 aromatic carbocycles. The summed E-state index contributed by atoms with van der Waals surface area (Å²) in [5, 5.41) is 8.12. The Morgan fingerprint density at radius 2 is 1.94 bits per heavy atom.